The summed E-state index contributed by atoms with van der Waals surface area (Å²) >= 11 is 1.86. The van der Waals surface area contributed by atoms with Crippen molar-refractivity contribution >= 4 is 103 Å². The number of aromatic nitrogens is 1. The van der Waals surface area contributed by atoms with Gasteiger partial charge in [-0.25, -0.2) is 0 Å². The summed E-state index contributed by atoms with van der Waals surface area (Å²) in [4.78, 5) is 2.39. The summed E-state index contributed by atoms with van der Waals surface area (Å²) in [7, 11) is 0. The van der Waals surface area contributed by atoms with Gasteiger partial charge >= 0.3 is 0 Å². The summed E-state index contributed by atoms with van der Waals surface area (Å²) in [5.74, 6) is 0. The predicted molar refractivity (Wildman–Crippen MR) is 239 cm³/mol. The number of anilines is 3. The Balaban J connectivity index is 1.10. The Morgan fingerprint density at radius 2 is 1.14 bits per heavy atom. The molecule has 9 aromatic carbocycles. The van der Waals surface area contributed by atoms with E-state index in [4.69, 9.17) is 4.42 Å². The van der Waals surface area contributed by atoms with Gasteiger partial charge in [0.05, 0.1) is 21.4 Å². The first kappa shape index (κ1) is 31.2. The maximum atomic E-state index is 6.68. The molecule has 0 unspecified atom stereocenters. The number of rotatable bonds is 5. The fraction of sp³-hybridized carbons (Fsp3) is 0. The van der Waals surface area contributed by atoms with E-state index in [0.717, 1.165) is 50.0 Å². The Kier molecular flexibility index (Phi) is 6.80. The average molecular weight is 733 g/mol. The van der Waals surface area contributed by atoms with Gasteiger partial charge in [-0.3, -0.25) is 0 Å². The lowest BCUT2D eigenvalue weighted by Gasteiger charge is -2.26. The molecule has 12 rings (SSSR count). The molecule has 0 atom stereocenters. The van der Waals surface area contributed by atoms with Crippen LogP contribution in [-0.2, 0) is 0 Å². The minimum absolute atomic E-state index is 0.884. The van der Waals surface area contributed by atoms with Crippen LogP contribution in [-0.4, -0.2) is 4.57 Å². The summed E-state index contributed by atoms with van der Waals surface area (Å²) in [6.07, 6.45) is 0. The number of thiophene rings is 1. The highest BCUT2D eigenvalue weighted by Gasteiger charge is 2.24. The lowest BCUT2D eigenvalue weighted by Crippen LogP contribution is -2.10. The van der Waals surface area contributed by atoms with Crippen LogP contribution < -0.4 is 4.90 Å². The van der Waals surface area contributed by atoms with Crippen molar-refractivity contribution < 1.29 is 4.42 Å². The van der Waals surface area contributed by atoms with E-state index in [0.29, 0.717) is 0 Å². The van der Waals surface area contributed by atoms with Gasteiger partial charge in [0.2, 0.25) is 0 Å². The van der Waals surface area contributed by atoms with Crippen molar-refractivity contribution in [1.82, 2.24) is 4.57 Å². The number of hydrogen-bond donors (Lipinski definition) is 0. The summed E-state index contributed by atoms with van der Waals surface area (Å²) in [6, 6.07) is 70.1. The number of nitrogens with zero attached hydrogens (tertiary/aromatic N) is 2. The van der Waals surface area contributed by atoms with E-state index in [9.17, 15) is 0 Å². The summed E-state index contributed by atoms with van der Waals surface area (Å²) in [6.45, 7) is 0. The smallest absolute Gasteiger partial charge is 0.138 e. The summed E-state index contributed by atoms with van der Waals surface area (Å²) in [5, 5.41) is 9.74. The zero-order valence-electron chi connectivity index (χ0n) is 30.2. The fourth-order valence-electron chi connectivity index (χ4n) is 8.91. The van der Waals surface area contributed by atoms with E-state index in [1.54, 1.807) is 0 Å². The van der Waals surface area contributed by atoms with Gasteiger partial charge in [0.15, 0.2) is 0 Å². The predicted octanol–water partition coefficient (Wildman–Crippen LogP) is 15.3. The third-order valence-electron chi connectivity index (χ3n) is 11.3. The van der Waals surface area contributed by atoms with Gasteiger partial charge in [-0.05, 0) is 83.1 Å². The first-order valence-corrected chi connectivity index (χ1v) is 19.8. The molecule has 0 aliphatic heterocycles. The lowest BCUT2D eigenvalue weighted by atomic mass is 9.93. The molecule has 3 aromatic heterocycles. The van der Waals surface area contributed by atoms with Gasteiger partial charge in [0, 0.05) is 65.7 Å². The van der Waals surface area contributed by atoms with Crippen LogP contribution in [0.3, 0.4) is 0 Å². The van der Waals surface area contributed by atoms with Crippen molar-refractivity contribution in [3.05, 3.63) is 194 Å². The van der Waals surface area contributed by atoms with Crippen LogP contribution >= 0.6 is 11.3 Å². The monoisotopic (exact) mass is 732 g/mol. The summed E-state index contributed by atoms with van der Waals surface area (Å²) in [5.41, 5.74) is 10.9. The highest BCUT2D eigenvalue weighted by molar-refractivity contribution is 7.26. The second-order valence-electron chi connectivity index (χ2n) is 14.5. The van der Waals surface area contributed by atoms with Gasteiger partial charge in [-0.2, -0.15) is 0 Å². The maximum Gasteiger partial charge on any atom is 0.138 e. The van der Waals surface area contributed by atoms with Crippen LogP contribution in [0.25, 0.3) is 91.5 Å². The molecule has 0 saturated carbocycles. The van der Waals surface area contributed by atoms with E-state index in [2.05, 4.69) is 204 Å². The largest absolute Gasteiger partial charge is 0.456 e. The SMILES string of the molecule is c1ccc(N(c2ccc(-n3c4ccccc4c4c(-c5ccc6ccccc6c5)c5c(cc43)oc3ccccc35)cc2)c2cccc3c2sc2ccccc23)cc1. The Hall–Kier alpha value is -7.14. The van der Waals surface area contributed by atoms with Gasteiger partial charge in [0.25, 0.3) is 0 Å². The van der Waals surface area contributed by atoms with Crippen LogP contribution in [0, 0.1) is 0 Å². The third-order valence-corrected chi connectivity index (χ3v) is 12.6. The molecular weight excluding hydrogens is 701 g/mol. The maximum absolute atomic E-state index is 6.68. The molecule has 4 heteroatoms. The normalized spacial score (nSPS) is 11.9. The molecule has 0 saturated heterocycles. The van der Waals surface area contributed by atoms with Gasteiger partial charge < -0.3 is 13.9 Å². The van der Waals surface area contributed by atoms with Crippen molar-refractivity contribution in [2.24, 2.45) is 0 Å². The number of para-hydroxylation sites is 3. The molecular formula is C52H32N2OS. The second kappa shape index (κ2) is 12.2. The zero-order chi connectivity index (χ0) is 36.7. The minimum Gasteiger partial charge on any atom is -0.456 e. The first-order chi connectivity index (χ1) is 27.8. The van der Waals surface area contributed by atoms with Crippen molar-refractivity contribution in [3.8, 4) is 16.8 Å². The molecule has 0 amide bonds. The zero-order valence-corrected chi connectivity index (χ0v) is 31.0. The van der Waals surface area contributed by atoms with E-state index >= 15 is 0 Å². The molecule has 3 nitrogen and oxygen atoms in total. The molecule has 0 radical (unpaired) electrons. The molecule has 0 aliphatic carbocycles. The van der Waals surface area contributed by atoms with Crippen LogP contribution in [0.5, 0.6) is 0 Å². The number of benzene rings is 9. The van der Waals surface area contributed by atoms with Crippen LogP contribution in [0.15, 0.2) is 199 Å². The van der Waals surface area contributed by atoms with Gasteiger partial charge in [0.1, 0.15) is 11.2 Å². The highest BCUT2D eigenvalue weighted by Crippen LogP contribution is 2.48. The molecule has 56 heavy (non-hydrogen) atoms. The van der Waals surface area contributed by atoms with E-state index < -0.39 is 0 Å². The van der Waals surface area contributed by atoms with E-state index in [1.807, 2.05) is 11.3 Å². The fourth-order valence-corrected chi connectivity index (χ4v) is 10.1. The quantitative estimate of drug-likeness (QED) is 0.176. The Bertz CT molecular complexity index is 3480. The Morgan fingerprint density at radius 3 is 2.02 bits per heavy atom. The molecule has 0 bridgehead atoms. The van der Waals surface area contributed by atoms with Gasteiger partial charge in [-0.15, -0.1) is 11.3 Å². The summed E-state index contributed by atoms with van der Waals surface area (Å²) < 4.78 is 11.7. The molecule has 3 heterocycles. The van der Waals surface area contributed by atoms with Crippen molar-refractivity contribution in [2.45, 2.75) is 0 Å². The van der Waals surface area contributed by atoms with Gasteiger partial charge in [-0.1, -0.05) is 121 Å². The van der Waals surface area contributed by atoms with Crippen LogP contribution in [0.4, 0.5) is 17.1 Å². The standard InChI is InChI=1S/C52H32N2OS/c1-2-15-36(16-3-1)53(44-22-12-20-40-39-17-8-11-24-48(39)56-52(40)44)37-27-29-38(30-28-37)54-43-21-9-6-18-41(43)50-45(54)32-47-51(42-19-7-10-23-46(42)55-47)49(50)35-26-25-33-13-4-5-14-34(33)31-35/h1-32H. The van der Waals surface area contributed by atoms with E-state index in [-0.39, 0.29) is 0 Å². The van der Waals surface area contributed by atoms with Crippen LogP contribution in [0.2, 0.25) is 0 Å². The molecule has 0 N–H and O–H groups in total. The highest BCUT2D eigenvalue weighted by atomic mass is 32.1. The Morgan fingerprint density at radius 1 is 0.446 bits per heavy atom. The minimum atomic E-state index is 0.884. The first-order valence-electron chi connectivity index (χ1n) is 19.0. The molecule has 0 aliphatic rings. The lowest BCUT2D eigenvalue weighted by molar-refractivity contribution is 0.669. The topological polar surface area (TPSA) is 21.3 Å². The number of fused-ring (bicyclic) bond motifs is 10. The van der Waals surface area contributed by atoms with E-state index in [1.165, 1.54) is 58.5 Å². The number of hydrogen-bond acceptors (Lipinski definition) is 3. The Labute approximate surface area is 326 Å². The molecule has 262 valence electrons. The molecule has 0 spiro atoms. The third kappa shape index (κ3) is 4.63. The molecule has 0 fully saturated rings. The van der Waals surface area contributed by atoms with Crippen molar-refractivity contribution in [3.63, 3.8) is 0 Å². The van der Waals surface area contributed by atoms with Crippen molar-refractivity contribution in [1.29, 1.82) is 0 Å². The average Bonchev–Trinajstić information content (AvgIpc) is 3.93. The van der Waals surface area contributed by atoms with Crippen molar-refractivity contribution in [2.75, 3.05) is 4.90 Å². The second-order valence-corrected chi connectivity index (χ2v) is 15.5. The van der Waals surface area contributed by atoms with Crippen LogP contribution in [0.1, 0.15) is 0 Å². The molecule has 12 aromatic rings. The number of furan rings is 1.